The zero-order valence-corrected chi connectivity index (χ0v) is 9.89. The Morgan fingerprint density at radius 2 is 1.94 bits per heavy atom. The highest BCUT2D eigenvalue weighted by Crippen LogP contribution is 2.21. The molecule has 0 aliphatic rings. The average molecular weight is 254 g/mol. The van der Waals surface area contributed by atoms with Crippen LogP contribution in [0.15, 0.2) is 30.3 Å². The molecule has 0 aliphatic carbocycles. The zero-order valence-electron chi connectivity index (χ0n) is 9.08. The predicted octanol–water partition coefficient (Wildman–Crippen LogP) is 0.512. The van der Waals surface area contributed by atoms with Gasteiger partial charge in [-0.1, -0.05) is 42.5 Å². The first-order valence-corrected chi connectivity index (χ1v) is 5.38. The van der Waals surface area contributed by atoms with Crippen molar-refractivity contribution in [3.63, 3.8) is 0 Å². The highest BCUT2D eigenvalue weighted by Gasteiger charge is 2.28. The van der Waals surface area contributed by atoms with Crippen LogP contribution in [0.4, 0.5) is 4.79 Å². The fourth-order valence-corrected chi connectivity index (χ4v) is 1.75. The third kappa shape index (κ3) is 3.69. The van der Waals surface area contributed by atoms with Crippen LogP contribution in [-0.2, 0) is 4.74 Å². The number of carbonyl (C=O) groups is 1. The molecule has 92 valence electrons. The Morgan fingerprint density at radius 3 is 2.35 bits per heavy atom. The Hall–Kier alpha value is -1.66. The molecule has 0 saturated carbocycles. The molecule has 2 atom stereocenters. The van der Waals surface area contributed by atoms with E-state index < -0.39 is 18.1 Å². The largest absolute Gasteiger partial charge is 0.438 e. The average Bonchev–Trinajstić information content (AvgIpc) is 2.29. The number of carbonyl (C=O) groups excluding carboxylic acids is 1. The van der Waals surface area contributed by atoms with Gasteiger partial charge in [0.1, 0.15) is 4.99 Å². The quantitative estimate of drug-likeness (QED) is 0.665. The van der Waals surface area contributed by atoms with Crippen LogP contribution < -0.4 is 11.5 Å². The molecular weight excluding hydrogens is 240 g/mol. The summed E-state index contributed by atoms with van der Waals surface area (Å²) in [7, 11) is 0. The third-order valence-corrected chi connectivity index (χ3v) is 2.55. The van der Waals surface area contributed by atoms with Gasteiger partial charge in [0.05, 0.1) is 12.5 Å². The van der Waals surface area contributed by atoms with E-state index in [4.69, 9.17) is 28.4 Å². The van der Waals surface area contributed by atoms with Crippen molar-refractivity contribution in [3.8, 4) is 0 Å². The topological polar surface area (TPSA) is 98.6 Å². The van der Waals surface area contributed by atoms with Crippen LogP contribution in [0.5, 0.6) is 0 Å². The molecule has 17 heavy (non-hydrogen) atoms. The summed E-state index contributed by atoms with van der Waals surface area (Å²) in [5.74, 6) is -0.513. The first-order valence-electron chi connectivity index (χ1n) is 4.97. The van der Waals surface area contributed by atoms with E-state index in [0.717, 1.165) is 5.56 Å². The lowest BCUT2D eigenvalue weighted by molar-refractivity contribution is 0.107. The lowest BCUT2D eigenvalue weighted by atomic mass is 9.94. The molecular formula is C11H14N2O3S. The molecule has 1 aromatic carbocycles. The van der Waals surface area contributed by atoms with Gasteiger partial charge in [0.25, 0.3) is 0 Å². The summed E-state index contributed by atoms with van der Waals surface area (Å²) >= 11 is 4.81. The number of aliphatic hydroxyl groups excluding tert-OH is 1. The number of hydrogen-bond acceptors (Lipinski definition) is 4. The van der Waals surface area contributed by atoms with E-state index in [-0.39, 0.29) is 11.6 Å². The van der Waals surface area contributed by atoms with Crippen LogP contribution >= 0.6 is 12.2 Å². The number of nitrogens with two attached hydrogens (primary N) is 2. The van der Waals surface area contributed by atoms with E-state index in [2.05, 4.69) is 0 Å². The number of rotatable bonds is 5. The summed E-state index contributed by atoms with van der Waals surface area (Å²) in [4.78, 5) is 10.7. The molecule has 1 rings (SSSR count). The fourth-order valence-electron chi connectivity index (χ4n) is 1.54. The molecule has 1 amide bonds. The SMILES string of the molecule is NC(=O)OC(C(N)=S)C(CO)c1ccccc1. The number of aliphatic hydroxyl groups is 1. The van der Waals surface area contributed by atoms with Crippen molar-refractivity contribution in [2.45, 2.75) is 12.0 Å². The van der Waals surface area contributed by atoms with Gasteiger partial charge in [-0.15, -0.1) is 0 Å². The van der Waals surface area contributed by atoms with Gasteiger partial charge < -0.3 is 21.3 Å². The van der Waals surface area contributed by atoms with Crippen molar-refractivity contribution in [3.05, 3.63) is 35.9 Å². The number of hydrogen-bond donors (Lipinski definition) is 3. The van der Waals surface area contributed by atoms with Crippen LogP contribution in [0.1, 0.15) is 11.5 Å². The number of ether oxygens (including phenoxy) is 1. The Balaban J connectivity index is 2.97. The maximum absolute atomic E-state index is 10.8. The van der Waals surface area contributed by atoms with Crippen molar-refractivity contribution in [1.82, 2.24) is 0 Å². The smallest absolute Gasteiger partial charge is 0.405 e. The standard InChI is InChI=1S/C11H14N2O3S/c12-10(17)9(16-11(13)15)8(6-14)7-4-2-1-3-5-7/h1-5,8-9,14H,6H2,(H2,12,17)(H2,13,15). The van der Waals surface area contributed by atoms with Gasteiger partial charge in [-0.2, -0.15) is 0 Å². The van der Waals surface area contributed by atoms with Gasteiger partial charge in [-0.05, 0) is 5.56 Å². The highest BCUT2D eigenvalue weighted by atomic mass is 32.1. The summed E-state index contributed by atoms with van der Waals surface area (Å²) in [5, 5.41) is 9.36. The van der Waals surface area contributed by atoms with Crippen LogP contribution in [0.2, 0.25) is 0 Å². The normalized spacial score (nSPS) is 13.7. The molecule has 5 nitrogen and oxygen atoms in total. The summed E-state index contributed by atoms with van der Waals surface area (Å²) in [5.41, 5.74) is 11.2. The Morgan fingerprint density at radius 1 is 1.35 bits per heavy atom. The number of primary amides is 1. The summed E-state index contributed by atoms with van der Waals surface area (Å²) in [6.45, 7) is -0.251. The molecule has 0 bridgehead atoms. The van der Waals surface area contributed by atoms with Gasteiger partial charge >= 0.3 is 6.09 Å². The van der Waals surface area contributed by atoms with Crippen LogP contribution in [0.3, 0.4) is 0 Å². The monoisotopic (exact) mass is 254 g/mol. The van der Waals surface area contributed by atoms with E-state index in [1.807, 2.05) is 6.07 Å². The minimum atomic E-state index is -0.975. The van der Waals surface area contributed by atoms with Gasteiger partial charge in [-0.25, -0.2) is 4.79 Å². The summed E-state index contributed by atoms with van der Waals surface area (Å²) in [6.07, 6.45) is -1.88. The molecule has 0 heterocycles. The minimum Gasteiger partial charge on any atom is -0.438 e. The lowest BCUT2D eigenvalue weighted by Crippen LogP contribution is -2.39. The van der Waals surface area contributed by atoms with Crippen molar-refractivity contribution < 1.29 is 14.6 Å². The van der Waals surface area contributed by atoms with E-state index in [1.54, 1.807) is 24.3 Å². The Bertz CT molecular complexity index is 397. The maximum Gasteiger partial charge on any atom is 0.405 e. The van der Waals surface area contributed by atoms with Gasteiger partial charge in [-0.3, -0.25) is 0 Å². The molecule has 0 fully saturated rings. The molecule has 2 unspecified atom stereocenters. The molecule has 6 heteroatoms. The van der Waals surface area contributed by atoms with E-state index in [9.17, 15) is 9.90 Å². The molecule has 0 saturated heterocycles. The maximum atomic E-state index is 10.8. The third-order valence-electron chi connectivity index (χ3n) is 2.31. The van der Waals surface area contributed by atoms with Crippen molar-refractivity contribution >= 4 is 23.3 Å². The molecule has 1 aromatic rings. The predicted molar refractivity (Wildman–Crippen MR) is 67.5 cm³/mol. The second-order valence-corrected chi connectivity index (χ2v) is 3.93. The highest BCUT2D eigenvalue weighted by molar-refractivity contribution is 7.80. The van der Waals surface area contributed by atoms with Crippen molar-refractivity contribution in [1.29, 1.82) is 0 Å². The Kier molecular flexibility index (Phi) is 4.86. The van der Waals surface area contributed by atoms with Crippen LogP contribution in [0.25, 0.3) is 0 Å². The van der Waals surface area contributed by atoms with E-state index >= 15 is 0 Å². The molecule has 0 aromatic heterocycles. The van der Waals surface area contributed by atoms with Gasteiger partial charge in [0.15, 0.2) is 6.10 Å². The lowest BCUT2D eigenvalue weighted by Gasteiger charge is -2.24. The van der Waals surface area contributed by atoms with E-state index in [0.29, 0.717) is 0 Å². The number of benzene rings is 1. The molecule has 0 radical (unpaired) electrons. The van der Waals surface area contributed by atoms with Gasteiger partial charge in [0, 0.05) is 0 Å². The van der Waals surface area contributed by atoms with Crippen molar-refractivity contribution in [2.75, 3.05) is 6.61 Å². The molecule has 0 aliphatic heterocycles. The molecule has 5 N–H and O–H groups in total. The number of amides is 1. The molecule has 0 spiro atoms. The van der Waals surface area contributed by atoms with Crippen LogP contribution in [0, 0.1) is 0 Å². The number of thiocarbonyl (C=S) groups is 1. The van der Waals surface area contributed by atoms with Crippen molar-refractivity contribution in [2.24, 2.45) is 11.5 Å². The zero-order chi connectivity index (χ0) is 12.8. The second-order valence-electron chi connectivity index (χ2n) is 3.46. The summed E-state index contributed by atoms with van der Waals surface area (Å²) < 4.78 is 4.83. The summed E-state index contributed by atoms with van der Waals surface area (Å²) in [6, 6.07) is 9.02. The van der Waals surface area contributed by atoms with Gasteiger partial charge in [0.2, 0.25) is 0 Å². The minimum absolute atomic E-state index is 0.0216. The van der Waals surface area contributed by atoms with E-state index in [1.165, 1.54) is 0 Å². The second kappa shape index (κ2) is 6.17. The first kappa shape index (κ1) is 13.4. The van der Waals surface area contributed by atoms with Crippen LogP contribution in [-0.4, -0.2) is 28.9 Å². The Labute approximate surface area is 104 Å². The fraction of sp³-hybridized carbons (Fsp3) is 0.273. The first-order chi connectivity index (χ1) is 8.06.